The summed E-state index contributed by atoms with van der Waals surface area (Å²) >= 11 is 2.80. The van der Waals surface area contributed by atoms with Gasteiger partial charge in [0.1, 0.15) is 0 Å². The lowest BCUT2D eigenvalue weighted by molar-refractivity contribution is -0.126. The number of hydrogen-bond acceptors (Lipinski definition) is 6. The van der Waals surface area contributed by atoms with E-state index in [-0.39, 0.29) is 16.7 Å². The van der Waals surface area contributed by atoms with E-state index in [1.807, 2.05) is 6.92 Å². The summed E-state index contributed by atoms with van der Waals surface area (Å²) in [5.41, 5.74) is 5.68. The van der Waals surface area contributed by atoms with Gasteiger partial charge in [0.2, 0.25) is 11.0 Å². The molecule has 1 aromatic heterocycles. The monoisotopic (exact) mass is 338 g/mol. The SMILES string of the molecule is C[C@@H](Sc1nnc(N)s1)C(=O)NC12CC3CC(CC(C3)C1)C2. The molecule has 5 rings (SSSR count). The molecule has 4 saturated carbocycles. The molecule has 1 atom stereocenters. The number of rotatable bonds is 4. The van der Waals surface area contributed by atoms with E-state index < -0.39 is 0 Å². The summed E-state index contributed by atoms with van der Waals surface area (Å²) < 4.78 is 0.769. The van der Waals surface area contributed by atoms with Gasteiger partial charge in [-0.15, -0.1) is 10.2 Å². The molecule has 0 aliphatic heterocycles. The van der Waals surface area contributed by atoms with E-state index in [2.05, 4.69) is 15.5 Å². The van der Waals surface area contributed by atoms with Crippen molar-refractivity contribution in [3.05, 3.63) is 0 Å². The molecule has 5 nitrogen and oxygen atoms in total. The van der Waals surface area contributed by atoms with Crippen molar-refractivity contribution in [2.75, 3.05) is 5.73 Å². The standard InChI is InChI=1S/C15H22N4OS2/c1-8(21-14-19-18-13(16)22-14)12(20)17-15-5-9-2-10(6-15)4-11(3-9)7-15/h8-11H,2-7H2,1H3,(H2,16,18)(H,17,20)/t8-,9?,10?,11?,15?/m1/s1. The molecular weight excluding hydrogens is 316 g/mol. The normalized spacial score (nSPS) is 37.2. The number of hydrogen-bond donors (Lipinski definition) is 2. The van der Waals surface area contributed by atoms with Gasteiger partial charge in [0, 0.05) is 5.54 Å². The second-order valence-corrected chi connectivity index (χ2v) is 9.95. The minimum absolute atomic E-state index is 0.0841. The van der Waals surface area contributed by atoms with Crippen LogP contribution in [0.3, 0.4) is 0 Å². The van der Waals surface area contributed by atoms with E-state index >= 15 is 0 Å². The Kier molecular flexibility index (Phi) is 3.60. The zero-order valence-electron chi connectivity index (χ0n) is 12.7. The largest absolute Gasteiger partial charge is 0.374 e. The minimum atomic E-state index is -0.152. The minimum Gasteiger partial charge on any atom is -0.374 e. The summed E-state index contributed by atoms with van der Waals surface area (Å²) in [5.74, 6) is 2.67. The topological polar surface area (TPSA) is 80.9 Å². The lowest BCUT2D eigenvalue weighted by Gasteiger charge is -2.57. The van der Waals surface area contributed by atoms with Crippen LogP contribution in [0.5, 0.6) is 0 Å². The van der Waals surface area contributed by atoms with E-state index in [9.17, 15) is 4.79 Å². The van der Waals surface area contributed by atoms with Crippen LogP contribution < -0.4 is 11.1 Å². The first-order valence-electron chi connectivity index (χ1n) is 8.09. The van der Waals surface area contributed by atoms with Gasteiger partial charge in [-0.2, -0.15) is 0 Å². The molecule has 0 spiro atoms. The number of thioether (sulfide) groups is 1. The third-order valence-electron chi connectivity index (χ3n) is 5.50. The maximum Gasteiger partial charge on any atom is 0.233 e. The summed E-state index contributed by atoms with van der Waals surface area (Å²) in [6.45, 7) is 1.94. The average molecular weight is 339 g/mol. The van der Waals surface area contributed by atoms with Crippen molar-refractivity contribution >= 4 is 34.1 Å². The highest BCUT2D eigenvalue weighted by atomic mass is 32.2. The first kappa shape index (κ1) is 14.8. The molecule has 4 aliphatic carbocycles. The highest BCUT2D eigenvalue weighted by Crippen LogP contribution is 2.55. The van der Waals surface area contributed by atoms with Crippen molar-refractivity contribution in [1.82, 2.24) is 15.5 Å². The van der Waals surface area contributed by atoms with E-state index in [0.717, 1.165) is 22.1 Å². The van der Waals surface area contributed by atoms with E-state index in [4.69, 9.17) is 5.73 Å². The zero-order chi connectivity index (χ0) is 15.3. The Morgan fingerprint density at radius 1 is 1.27 bits per heavy atom. The van der Waals surface area contributed by atoms with Crippen LogP contribution in [0, 0.1) is 17.8 Å². The summed E-state index contributed by atoms with van der Waals surface area (Å²) in [4.78, 5) is 12.6. The average Bonchev–Trinajstić information content (AvgIpc) is 2.81. The quantitative estimate of drug-likeness (QED) is 0.825. The molecule has 120 valence electrons. The number of carbonyl (C=O) groups excluding carboxylic acids is 1. The van der Waals surface area contributed by atoms with Crippen molar-refractivity contribution in [2.45, 2.75) is 60.6 Å². The molecule has 4 bridgehead atoms. The smallest absolute Gasteiger partial charge is 0.233 e. The third-order valence-corrected chi connectivity index (χ3v) is 7.43. The van der Waals surface area contributed by atoms with Gasteiger partial charge >= 0.3 is 0 Å². The molecule has 1 amide bonds. The number of amides is 1. The molecule has 4 fully saturated rings. The van der Waals surface area contributed by atoms with Gasteiger partial charge in [-0.1, -0.05) is 23.1 Å². The third kappa shape index (κ3) is 2.73. The van der Waals surface area contributed by atoms with Crippen molar-refractivity contribution < 1.29 is 4.79 Å². The van der Waals surface area contributed by atoms with Crippen LogP contribution in [0.4, 0.5) is 5.13 Å². The predicted molar refractivity (Wildman–Crippen MR) is 88.7 cm³/mol. The van der Waals surface area contributed by atoms with Crippen molar-refractivity contribution in [3.8, 4) is 0 Å². The molecular formula is C15H22N4OS2. The van der Waals surface area contributed by atoms with Gasteiger partial charge in [0.05, 0.1) is 5.25 Å². The van der Waals surface area contributed by atoms with Crippen LogP contribution in [0.2, 0.25) is 0 Å². The number of nitrogens with one attached hydrogen (secondary N) is 1. The van der Waals surface area contributed by atoms with Gasteiger partial charge in [-0.25, -0.2) is 0 Å². The summed E-state index contributed by atoms with van der Waals surface area (Å²) in [7, 11) is 0. The Labute approximate surface area is 138 Å². The molecule has 0 radical (unpaired) electrons. The summed E-state index contributed by atoms with van der Waals surface area (Å²) in [5, 5.41) is 11.5. The van der Waals surface area contributed by atoms with Gasteiger partial charge in [0.25, 0.3) is 0 Å². The zero-order valence-corrected chi connectivity index (χ0v) is 14.4. The number of aromatic nitrogens is 2. The number of nitrogens with zero attached hydrogens (tertiary/aromatic N) is 2. The van der Waals surface area contributed by atoms with Crippen LogP contribution in [0.15, 0.2) is 4.34 Å². The maximum absolute atomic E-state index is 12.6. The number of anilines is 1. The van der Waals surface area contributed by atoms with Gasteiger partial charge in [-0.05, 0) is 63.2 Å². The molecule has 0 unspecified atom stereocenters. The summed E-state index contributed by atoms with van der Waals surface area (Å²) in [6.07, 6.45) is 7.74. The Morgan fingerprint density at radius 3 is 2.36 bits per heavy atom. The van der Waals surface area contributed by atoms with Gasteiger partial charge in [-0.3, -0.25) is 4.79 Å². The number of carbonyl (C=O) groups is 1. The number of nitrogens with two attached hydrogens (primary N) is 1. The molecule has 0 saturated heterocycles. The van der Waals surface area contributed by atoms with Crippen molar-refractivity contribution in [1.29, 1.82) is 0 Å². The maximum atomic E-state index is 12.6. The van der Waals surface area contributed by atoms with Gasteiger partial charge < -0.3 is 11.1 Å². The molecule has 4 aliphatic rings. The van der Waals surface area contributed by atoms with Crippen molar-refractivity contribution in [2.24, 2.45) is 17.8 Å². The fourth-order valence-electron chi connectivity index (χ4n) is 5.10. The predicted octanol–water partition coefficient (Wildman–Crippen LogP) is 2.69. The summed E-state index contributed by atoms with van der Waals surface area (Å²) in [6, 6.07) is 0. The molecule has 1 aromatic rings. The molecule has 22 heavy (non-hydrogen) atoms. The van der Waals surface area contributed by atoms with Crippen molar-refractivity contribution in [3.63, 3.8) is 0 Å². The van der Waals surface area contributed by atoms with Crippen LogP contribution in [0.1, 0.15) is 45.4 Å². The fraction of sp³-hybridized carbons (Fsp3) is 0.800. The van der Waals surface area contributed by atoms with Crippen LogP contribution in [0.25, 0.3) is 0 Å². The second kappa shape index (κ2) is 5.37. The Balaban J connectivity index is 1.41. The van der Waals surface area contributed by atoms with Crippen LogP contribution in [-0.4, -0.2) is 26.9 Å². The Hall–Kier alpha value is -0.820. The molecule has 3 N–H and O–H groups in total. The Morgan fingerprint density at radius 2 is 1.86 bits per heavy atom. The molecule has 7 heteroatoms. The van der Waals surface area contributed by atoms with Crippen LogP contribution in [-0.2, 0) is 4.79 Å². The number of nitrogen functional groups attached to an aromatic ring is 1. The lowest BCUT2D eigenvalue weighted by atomic mass is 9.53. The van der Waals surface area contributed by atoms with Gasteiger partial charge in [0.15, 0.2) is 4.34 Å². The molecule has 0 aromatic carbocycles. The molecule has 1 heterocycles. The second-order valence-electron chi connectivity index (χ2n) is 7.35. The van der Waals surface area contributed by atoms with E-state index in [1.54, 1.807) is 0 Å². The fourth-order valence-corrected chi connectivity index (χ4v) is 6.88. The van der Waals surface area contributed by atoms with E-state index in [1.165, 1.54) is 61.6 Å². The first-order valence-corrected chi connectivity index (χ1v) is 9.79. The highest BCUT2D eigenvalue weighted by molar-refractivity contribution is 8.02. The lowest BCUT2D eigenvalue weighted by Crippen LogP contribution is -2.60. The van der Waals surface area contributed by atoms with Crippen LogP contribution >= 0.6 is 23.1 Å². The Bertz CT molecular complexity index is 553. The first-order chi connectivity index (χ1) is 10.5. The van der Waals surface area contributed by atoms with E-state index in [0.29, 0.717) is 5.13 Å². The highest BCUT2D eigenvalue weighted by Gasteiger charge is 2.51.